The molecule has 1 saturated carbocycles. The molecule has 0 aromatic heterocycles. The number of aliphatic imine (C=N–C) groups is 1. The van der Waals surface area contributed by atoms with E-state index in [0.29, 0.717) is 18.6 Å². The van der Waals surface area contributed by atoms with Crippen molar-refractivity contribution in [2.24, 2.45) is 10.4 Å². The predicted octanol–water partition coefficient (Wildman–Crippen LogP) is 3.40. The maximum absolute atomic E-state index is 11.1. The van der Waals surface area contributed by atoms with E-state index < -0.39 is 0 Å². The van der Waals surface area contributed by atoms with E-state index >= 15 is 0 Å². The van der Waals surface area contributed by atoms with Gasteiger partial charge in [0.05, 0.1) is 6.54 Å². The van der Waals surface area contributed by atoms with Crippen LogP contribution in [0.5, 0.6) is 5.75 Å². The van der Waals surface area contributed by atoms with Gasteiger partial charge < -0.3 is 25.4 Å². The van der Waals surface area contributed by atoms with Gasteiger partial charge in [0.25, 0.3) is 0 Å². The Morgan fingerprint density at radius 2 is 1.97 bits per heavy atom. The topological polar surface area (TPSA) is 84.0 Å². The molecule has 1 aliphatic carbocycles. The summed E-state index contributed by atoms with van der Waals surface area (Å²) in [7, 11) is 3.55. The molecule has 0 aliphatic heterocycles. The Hall–Kier alpha value is -1.55. The molecule has 2 rings (SSSR count). The van der Waals surface area contributed by atoms with E-state index in [9.17, 15) is 4.79 Å². The van der Waals surface area contributed by atoms with E-state index in [0.717, 1.165) is 37.0 Å². The van der Waals surface area contributed by atoms with E-state index in [-0.39, 0.29) is 29.9 Å². The molecule has 0 unspecified atom stereocenters. The highest BCUT2D eigenvalue weighted by atomic mass is 127. The van der Waals surface area contributed by atoms with Crippen LogP contribution in [0.2, 0.25) is 0 Å². The summed E-state index contributed by atoms with van der Waals surface area (Å²) in [5, 5.41) is 9.52. The molecule has 1 aromatic carbocycles. The fourth-order valence-electron chi connectivity index (χ4n) is 3.66. The summed E-state index contributed by atoms with van der Waals surface area (Å²) >= 11 is 0. The lowest BCUT2D eigenvalue weighted by Gasteiger charge is -2.29. The monoisotopic (exact) mass is 518 g/mol. The maximum Gasteiger partial charge on any atom is 0.221 e. The highest BCUT2D eigenvalue weighted by molar-refractivity contribution is 14.0. The van der Waals surface area contributed by atoms with Crippen LogP contribution in [0.1, 0.15) is 39.0 Å². The first kappa shape index (κ1) is 25.5. The fourth-order valence-corrected chi connectivity index (χ4v) is 3.66. The van der Waals surface area contributed by atoms with Crippen LogP contribution in [-0.2, 0) is 9.53 Å². The van der Waals surface area contributed by atoms with Crippen molar-refractivity contribution < 1.29 is 14.3 Å². The molecule has 29 heavy (non-hydrogen) atoms. The van der Waals surface area contributed by atoms with Gasteiger partial charge in [-0.2, -0.15) is 0 Å². The third kappa shape index (κ3) is 9.20. The fraction of sp³-hybridized carbons (Fsp3) is 0.619. The Labute approximate surface area is 191 Å². The van der Waals surface area contributed by atoms with Gasteiger partial charge in [0.15, 0.2) is 5.96 Å². The Kier molecular flexibility index (Phi) is 12.0. The average molecular weight is 518 g/mol. The molecule has 3 N–H and O–H groups in total. The van der Waals surface area contributed by atoms with Gasteiger partial charge in [-0.1, -0.05) is 18.9 Å². The zero-order chi connectivity index (χ0) is 20.2. The molecule has 1 amide bonds. The van der Waals surface area contributed by atoms with Crippen molar-refractivity contribution in [3.63, 3.8) is 0 Å². The molecule has 7 nitrogen and oxygen atoms in total. The first-order valence-corrected chi connectivity index (χ1v) is 10.0. The molecular formula is C21H35IN4O3. The SMILES string of the molecule is CN=C(NCCOc1cccc(NC(C)=O)c1)NCC1(CCOC)CCCC1.I. The van der Waals surface area contributed by atoms with Crippen LogP contribution >= 0.6 is 24.0 Å². The van der Waals surface area contributed by atoms with E-state index in [1.807, 2.05) is 24.3 Å². The highest BCUT2D eigenvalue weighted by Crippen LogP contribution is 2.40. The van der Waals surface area contributed by atoms with Gasteiger partial charge in [-0.3, -0.25) is 9.79 Å². The van der Waals surface area contributed by atoms with Gasteiger partial charge in [-0.25, -0.2) is 0 Å². The molecule has 0 bridgehead atoms. The summed E-state index contributed by atoms with van der Waals surface area (Å²) in [6.07, 6.45) is 6.16. The standard InChI is InChI=1S/C21H34N4O3.HI/c1-17(26)25-18-7-6-8-19(15-18)28-14-12-23-20(22-2)24-16-21(11-13-27-3)9-4-5-10-21;/h6-8,15H,4-5,9-14,16H2,1-3H3,(H,25,26)(H2,22,23,24);1H. The normalized spacial score (nSPS) is 15.3. The van der Waals surface area contributed by atoms with Crippen molar-refractivity contribution >= 4 is 41.5 Å². The second-order valence-corrected chi connectivity index (χ2v) is 7.36. The van der Waals surface area contributed by atoms with Crippen molar-refractivity contribution in [2.45, 2.75) is 39.0 Å². The Balaban J connectivity index is 0.00000420. The molecular weight excluding hydrogens is 483 g/mol. The first-order chi connectivity index (χ1) is 13.6. The van der Waals surface area contributed by atoms with Gasteiger partial charge in [0.1, 0.15) is 12.4 Å². The number of benzene rings is 1. The minimum Gasteiger partial charge on any atom is -0.492 e. The minimum atomic E-state index is -0.0979. The van der Waals surface area contributed by atoms with Crippen LogP contribution in [0.25, 0.3) is 0 Å². The molecule has 164 valence electrons. The molecule has 1 aromatic rings. The second-order valence-electron chi connectivity index (χ2n) is 7.36. The van der Waals surface area contributed by atoms with Crippen molar-refractivity contribution in [3.8, 4) is 5.75 Å². The van der Waals surface area contributed by atoms with Crippen LogP contribution in [0.4, 0.5) is 5.69 Å². The summed E-state index contributed by atoms with van der Waals surface area (Å²) in [5.41, 5.74) is 1.04. The van der Waals surface area contributed by atoms with Crippen LogP contribution in [0, 0.1) is 5.41 Å². The number of nitrogens with zero attached hydrogens (tertiary/aromatic N) is 1. The van der Waals surface area contributed by atoms with Gasteiger partial charge in [-0.15, -0.1) is 24.0 Å². The number of ether oxygens (including phenoxy) is 2. The third-order valence-electron chi connectivity index (χ3n) is 5.17. The summed E-state index contributed by atoms with van der Waals surface area (Å²) in [5.74, 6) is 1.42. The van der Waals surface area contributed by atoms with Crippen molar-refractivity contribution in [3.05, 3.63) is 24.3 Å². The number of hydrogen-bond acceptors (Lipinski definition) is 4. The van der Waals surface area contributed by atoms with Gasteiger partial charge in [-0.05, 0) is 36.8 Å². The minimum absolute atomic E-state index is 0. The third-order valence-corrected chi connectivity index (χ3v) is 5.17. The number of carbonyl (C=O) groups is 1. The molecule has 0 radical (unpaired) electrons. The van der Waals surface area contributed by atoms with E-state index in [2.05, 4.69) is 20.9 Å². The Bertz CT molecular complexity index is 649. The largest absolute Gasteiger partial charge is 0.492 e. The average Bonchev–Trinajstić information content (AvgIpc) is 3.15. The number of anilines is 1. The molecule has 0 saturated heterocycles. The number of nitrogens with one attached hydrogen (secondary N) is 3. The number of carbonyl (C=O) groups excluding carboxylic acids is 1. The molecule has 1 fully saturated rings. The van der Waals surface area contributed by atoms with E-state index in [1.54, 1.807) is 14.2 Å². The Morgan fingerprint density at radius 3 is 2.62 bits per heavy atom. The maximum atomic E-state index is 11.1. The number of amides is 1. The summed E-state index contributed by atoms with van der Waals surface area (Å²) in [4.78, 5) is 15.5. The first-order valence-electron chi connectivity index (χ1n) is 10.0. The molecule has 1 aliphatic rings. The number of halogens is 1. The van der Waals surface area contributed by atoms with Crippen LogP contribution in [0.15, 0.2) is 29.3 Å². The van der Waals surface area contributed by atoms with E-state index in [4.69, 9.17) is 9.47 Å². The lowest BCUT2D eigenvalue weighted by molar-refractivity contribution is -0.114. The second kappa shape index (κ2) is 13.6. The van der Waals surface area contributed by atoms with Crippen molar-refractivity contribution in [2.75, 3.05) is 45.8 Å². The molecule has 0 atom stereocenters. The summed E-state index contributed by atoms with van der Waals surface area (Å²) < 4.78 is 11.1. The van der Waals surface area contributed by atoms with Crippen LogP contribution in [0.3, 0.4) is 0 Å². The Morgan fingerprint density at radius 1 is 1.21 bits per heavy atom. The number of methoxy groups -OCH3 is 1. The quantitative estimate of drug-likeness (QED) is 0.192. The van der Waals surface area contributed by atoms with E-state index in [1.165, 1.54) is 32.6 Å². The molecule has 0 heterocycles. The molecule has 0 spiro atoms. The number of guanidine groups is 1. The number of hydrogen-bond donors (Lipinski definition) is 3. The van der Waals surface area contributed by atoms with Gasteiger partial charge in [0.2, 0.25) is 5.91 Å². The number of rotatable bonds is 10. The highest BCUT2D eigenvalue weighted by Gasteiger charge is 2.33. The lowest BCUT2D eigenvalue weighted by Crippen LogP contribution is -2.44. The van der Waals surface area contributed by atoms with Gasteiger partial charge in [0, 0.05) is 46.0 Å². The van der Waals surface area contributed by atoms with Crippen molar-refractivity contribution in [1.82, 2.24) is 10.6 Å². The summed E-state index contributed by atoms with van der Waals surface area (Å²) in [6.45, 7) is 4.34. The van der Waals surface area contributed by atoms with Crippen LogP contribution < -0.4 is 20.7 Å². The van der Waals surface area contributed by atoms with Gasteiger partial charge >= 0.3 is 0 Å². The zero-order valence-electron chi connectivity index (χ0n) is 17.8. The molecule has 8 heteroatoms. The summed E-state index contributed by atoms with van der Waals surface area (Å²) in [6, 6.07) is 7.38. The predicted molar refractivity (Wildman–Crippen MR) is 128 cm³/mol. The zero-order valence-corrected chi connectivity index (χ0v) is 20.1. The smallest absolute Gasteiger partial charge is 0.221 e. The van der Waals surface area contributed by atoms with Crippen LogP contribution in [-0.4, -0.2) is 52.3 Å². The van der Waals surface area contributed by atoms with Crippen molar-refractivity contribution in [1.29, 1.82) is 0 Å². The lowest BCUT2D eigenvalue weighted by atomic mass is 9.83.